The topological polar surface area (TPSA) is 58.6 Å². The molecule has 0 bridgehead atoms. The molecule has 0 aliphatic carbocycles. The zero-order chi connectivity index (χ0) is 14.1. The number of halogens is 2. The van der Waals surface area contributed by atoms with Crippen molar-refractivity contribution in [2.24, 2.45) is 0 Å². The number of nitrogens with one attached hydrogen (secondary N) is 1. The third kappa shape index (κ3) is 3.31. The van der Waals surface area contributed by atoms with Crippen molar-refractivity contribution in [3.05, 3.63) is 40.9 Å². The molecule has 1 aliphatic rings. The number of hydrogen-bond donors (Lipinski definition) is 2. The molecular formula is C15H15BrClNO3. The summed E-state index contributed by atoms with van der Waals surface area (Å²) >= 11 is 3.57. The standard InChI is InChI=1S/C15H14BrNO3.ClH/c16-14-11-4-2-1-3-9(11)5-6-13(14)20-10-7-12(15(18)19)17-8-10;/h1-6,10,12,17H,7-8H2,(H,18,19);1H/t10-,12+;/m1./s1. The molecular weight excluding hydrogens is 358 g/mol. The molecule has 2 aromatic rings. The van der Waals surface area contributed by atoms with Crippen molar-refractivity contribution in [1.82, 2.24) is 5.32 Å². The van der Waals surface area contributed by atoms with E-state index in [-0.39, 0.29) is 18.5 Å². The van der Waals surface area contributed by atoms with Crippen LogP contribution >= 0.6 is 28.3 Å². The molecule has 0 saturated carbocycles. The third-order valence-corrected chi connectivity index (χ3v) is 4.33. The summed E-state index contributed by atoms with van der Waals surface area (Å²) in [5.41, 5.74) is 0. The van der Waals surface area contributed by atoms with Crippen LogP contribution in [0.2, 0.25) is 0 Å². The minimum absolute atomic E-state index is 0. The Kier molecular flexibility index (Phi) is 5.08. The quantitative estimate of drug-likeness (QED) is 0.868. The highest BCUT2D eigenvalue weighted by Gasteiger charge is 2.30. The van der Waals surface area contributed by atoms with Crippen LogP contribution in [0.1, 0.15) is 6.42 Å². The highest BCUT2D eigenvalue weighted by atomic mass is 79.9. The molecule has 2 atom stereocenters. The van der Waals surface area contributed by atoms with Crippen LogP contribution in [0.3, 0.4) is 0 Å². The Balaban J connectivity index is 0.00000161. The summed E-state index contributed by atoms with van der Waals surface area (Å²) in [6.07, 6.45) is 0.364. The molecule has 0 amide bonds. The Bertz CT molecular complexity index is 664. The lowest BCUT2D eigenvalue weighted by molar-refractivity contribution is -0.139. The summed E-state index contributed by atoms with van der Waals surface area (Å²) in [6, 6.07) is 11.5. The monoisotopic (exact) mass is 371 g/mol. The lowest BCUT2D eigenvalue weighted by Crippen LogP contribution is -2.30. The molecule has 4 nitrogen and oxygen atoms in total. The first-order valence-corrected chi connectivity index (χ1v) is 7.24. The lowest BCUT2D eigenvalue weighted by Gasteiger charge is -2.15. The number of benzene rings is 2. The van der Waals surface area contributed by atoms with Crippen LogP contribution < -0.4 is 10.1 Å². The average Bonchev–Trinajstić information content (AvgIpc) is 2.91. The number of hydrogen-bond acceptors (Lipinski definition) is 3. The summed E-state index contributed by atoms with van der Waals surface area (Å²) in [5.74, 6) is -0.0739. The van der Waals surface area contributed by atoms with E-state index >= 15 is 0 Å². The van der Waals surface area contributed by atoms with Crippen molar-refractivity contribution < 1.29 is 14.6 Å². The Labute approximate surface area is 137 Å². The lowest BCUT2D eigenvalue weighted by atomic mass is 10.1. The van der Waals surface area contributed by atoms with Crippen molar-refractivity contribution in [2.75, 3.05) is 6.54 Å². The van der Waals surface area contributed by atoms with E-state index in [0.29, 0.717) is 13.0 Å². The SMILES string of the molecule is Cl.O=C(O)[C@@H]1C[C@@H](Oc2ccc3ccccc3c2Br)CN1. The highest BCUT2D eigenvalue weighted by Crippen LogP contribution is 2.34. The van der Waals surface area contributed by atoms with Crippen LogP contribution in [0.4, 0.5) is 0 Å². The van der Waals surface area contributed by atoms with E-state index in [1.807, 2.05) is 36.4 Å². The third-order valence-electron chi connectivity index (χ3n) is 3.51. The van der Waals surface area contributed by atoms with Crippen LogP contribution in [0.15, 0.2) is 40.9 Å². The Morgan fingerprint density at radius 3 is 2.76 bits per heavy atom. The Morgan fingerprint density at radius 1 is 1.29 bits per heavy atom. The van der Waals surface area contributed by atoms with Crippen molar-refractivity contribution in [3.8, 4) is 5.75 Å². The van der Waals surface area contributed by atoms with Crippen LogP contribution in [0, 0.1) is 0 Å². The first-order chi connectivity index (χ1) is 9.65. The van der Waals surface area contributed by atoms with Gasteiger partial charge in [-0.05, 0) is 32.8 Å². The van der Waals surface area contributed by atoms with Gasteiger partial charge in [-0.3, -0.25) is 4.79 Å². The predicted octanol–water partition coefficient (Wildman–Crippen LogP) is 3.22. The van der Waals surface area contributed by atoms with E-state index < -0.39 is 12.0 Å². The molecule has 1 aliphatic heterocycles. The van der Waals surface area contributed by atoms with Gasteiger partial charge in [0.15, 0.2) is 0 Å². The van der Waals surface area contributed by atoms with E-state index in [1.54, 1.807) is 0 Å². The van der Waals surface area contributed by atoms with Crippen LogP contribution in [-0.2, 0) is 4.79 Å². The minimum atomic E-state index is -0.825. The smallest absolute Gasteiger partial charge is 0.320 e. The molecule has 3 rings (SSSR count). The van der Waals surface area contributed by atoms with Gasteiger partial charge in [-0.1, -0.05) is 30.3 Å². The van der Waals surface area contributed by atoms with Gasteiger partial charge in [0, 0.05) is 13.0 Å². The second-order valence-electron chi connectivity index (χ2n) is 4.87. The molecule has 6 heteroatoms. The molecule has 0 radical (unpaired) electrons. The molecule has 0 spiro atoms. The maximum Gasteiger partial charge on any atom is 0.320 e. The molecule has 1 fully saturated rings. The summed E-state index contributed by atoms with van der Waals surface area (Å²) < 4.78 is 6.83. The average molecular weight is 373 g/mol. The summed E-state index contributed by atoms with van der Waals surface area (Å²) in [4.78, 5) is 10.9. The van der Waals surface area contributed by atoms with Crippen molar-refractivity contribution in [2.45, 2.75) is 18.6 Å². The zero-order valence-electron chi connectivity index (χ0n) is 11.1. The van der Waals surface area contributed by atoms with E-state index in [2.05, 4.69) is 21.2 Å². The van der Waals surface area contributed by atoms with E-state index in [0.717, 1.165) is 21.0 Å². The molecule has 21 heavy (non-hydrogen) atoms. The number of carboxylic acids is 1. The van der Waals surface area contributed by atoms with Crippen molar-refractivity contribution in [1.29, 1.82) is 0 Å². The highest BCUT2D eigenvalue weighted by molar-refractivity contribution is 9.10. The number of aliphatic carboxylic acids is 1. The molecule has 2 N–H and O–H groups in total. The number of fused-ring (bicyclic) bond motifs is 1. The number of rotatable bonds is 3. The number of ether oxygens (including phenoxy) is 1. The Morgan fingerprint density at radius 2 is 2.05 bits per heavy atom. The molecule has 112 valence electrons. The van der Waals surface area contributed by atoms with Gasteiger partial charge in [-0.2, -0.15) is 0 Å². The van der Waals surface area contributed by atoms with E-state index in [9.17, 15) is 4.79 Å². The fourth-order valence-electron chi connectivity index (χ4n) is 2.47. The second-order valence-corrected chi connectivity index (χ2v) is 5.67. The fourth-order valence-corrected chi connectivity index (χ4v) is 3.05. The normalized spacial score (nSPS) is 21.0. The molecule has 1 saturated heterocycles. The molecule has 1 heterocycles. The van der Waals surface area contributed by atoms with Gasteiger partial charge < -0.3 is 15.2 Å². The summed E-state index contributed by atoms with van der Waals surface area (Å²) in [6.45, 7) is 0.552. The van der Waals surface area contributed by atoms with Crippen LogP contribution in [-0.4, -0.2) is 29.8 Å². The van der Waals surface area contributed by atoms with Gasteiger partial charge >= 0.3 is 5.97 Å². The van der Waals surface area contributed by atoms with Gasteiger partial charge in [0.25, 0.3) is 0 Å². The number of carboxylic acid groups (broad SMARTS) is 1. The maximum absolute atomic E-state index is 10.9. The van der Waals surface area contributed by atoms with Gasteiger partial charge in [-0.15, -0.1) is 12.4 Å². The minimum Gasteiger partial charge on any atom is -0.488 e. The summed E-state index contributed by atoms with van der Waals surface area (Å²) in [5, 5.41) is 14.1. The first kappa shape index (κ1) is 16.1. The summed E-state index contributed by atoms with van der Waals surface area (Å²) in [7, 11) is 0. The predicted molar refractivity (Wildman–Crippen MR) is 87.4 cm³/mol. The van der Waals surface area contributed by atoms with Gasteiger partial charge in [0.2, 0.25) is 0 Å². The Hall–Kier alpha value is -1.30. The van der Waals surface area contributed by atoms with Gasteiger partial charge in [-0.25, -0.2) is 0 Å². The van der Waals surface area contributed by atoms with Crippen LogP contribution in [0.25, 0.3) is 10.8 Å². The largest absolute Gasteiger partial charge is 0.488 e. The molecule has 0 aromatic heterocycles. The van der Waals surface area contributed by atoms with Gasteiger partial charge in [0.1, 0.15) is 17.9 Å². The maximum atomic E-state index is 10.9. The van der Waals surface area contributed by atoms with Crippen LogP contribution in [0.5, 0.6) is 5.75 Å². The van der Waals surface area contributed by atoms with Gasteiger partial charge in [0.05, 0.1) is 4.47 Å². The fraction of sp³-hybridized carbons (Fsp3) is 0.267. The zero-order valence-corrected chi connectivity index (χ0v) is 13.5. The van der Waals surface area contributed by atoms with E-state index in [1.165, 1.54) is 0 Å². The van der Waals surface area contributed by atoms with Crippen molar-refractivity contribution in [3.63, 3.8) is 0 Å². The molecule has 0 unspecified atom stereocenters. The number of carbonyl (C=O) groups is 1. The molecule has 2 aromatic carbocycles. The second kappa shape index (κ2) is 6.64. The van der Waals surface area contributed by atoms with Crippen molar-refractivity contribution >= 4 is 45.1 Å². The first-order valence-electron chi connectivity index (χ1n) is 6.45. The van der Waals surface area contributed by atoms with E-state index in [4.69, 9.17) is 9.84 Å².